The molecule has 2 N–H and O–H groups in total. The molecule has 0 unspecified atom stereocenters. The van der Waals surface area contributed by atoms with Crippen molar-refractivity contribution in [2.45, 2.75) is 52.5 Å². The summed E-state index contributed by atoms with van der Waals surface area (Å²) in [7, 11) is 0. The fourth-order valence-electron chi connectivity index (χ4n) is 2.96. The summed E-state index contributed by atoms with van der Waals surface area (Å²) in [5.74, 6) is 2.37. The maximum absolute atomic E-state index is 6.45. The smallest absolute Gasteiger partial charge is 0.132 e. The zero-order valence-electron chi connectivity index (χ0n) is 12.8. The van der Waals surface area contributed by atoms with Crippen LogP contribution in [-0.4, -0.2) is 9.55 Å². The molecule has 1 saturated carbocycles. The number of anilines is 1. The lowest BCUT2D eigenvalue weighted by Crippen LogP contribution is -2.06. The Morgan fingerprint density at radius 2 is 1.80 bits per heavy atom. The number of rotatable bonds is 3. The molecule has 0 bridgehead atoms. The minimum absolute atomic E-state index is 0.399. The van der Waals surface area contributed by atoms with Crippen molar-refractivity contribution in [3.05, 3.63) is 35.2 Å². The predicted octanol–water partition coefficient (Wildman–Crippen LogP) is 4.21. The predicted molar refractivity (Wildman–Crippen MR) is 83.9 cm³/mol. The maximum Gasteiger partial charge on any atom is 0.132 e. The number of benzene rings is 1. The molecule has 1 aliphatic carbocycles. The number of hydrogen-bond acceptors (Lipinski definition) is 2. The molecule has 20 heavy (non-hydrogen) atoms. The van der Waals surface area contributed by atoms with Crippen LogP contribution in [0.3, 0.4) is 0 Å². The number of nitrogen functional groups attached to an aromatic ring is 1. The van der Waals surface area contributed by atoms with Gasteiger partial charge in [0.2, 0.25) is 0 Å². The number of aryl methyl sites for hydroxylation is 2. The van der Waals surface area contributed by atoms with Gasteiger partial charge in [-0.15, -0.1) is 0 Å². The zero-order chi connectivity index (χ0) is 14.4. The molecule has 0 saturated heterocycles. The highest BCUT2D eigenvalue weighted by Gasteiger charge is 2.31. The van der Waals surface area contributed by atoms with Gasteiger partial charge in [-0.25, -0.2) is 4.98 Å². The molecular formula is C17H23N3. The van der Waals surface area contributed by atoms with E-state index in [0.717, 1.165) is 17.3 Å². The SMILES string of the molecule is Cc1cccc(C)c1-c1nc(C(C)C)n(C2CC2)c1N. The van der Waals surface area contributed by atoms with Crippen LogP contribution in [0.2, 0.25) is 0 Å². The Hall–Kier alpha value is -1.77. The summed E-state index contributed by atoms with van der Waals surface area (Å²) in [6, 6.07) is 6.92. The average molecular weight is 269 g/mol. The van der Waals surface area contributed by atoms with E-state index in [1.807, 2.05) is 0 Å². The fourth-order valence-corrected chi connectivity index (χ4v) is 2.96. The lowest BCUT2D eigenvalue weighted by molar-refractivity contribution is 0.646. The van der Waals surface area contributed by atoms with Gasteiger partial charge in [0.1, 0.15) is 17.3 Å². The van der Waals surface area contributed by atoms with E-state index in [1.54, 1.807) is 0 Å². The summed E-state index contributed by atoms with van der Waals surface area (Å²) in [5.41, 5.74) is 11.1. The monoisotopic (exact) mass is 269 g/mol. The fraction of sp³-hybridized carbons (Fsp3) is 0.471. The standard InChI is InChI=1S/C17H23N3/c1-10(2)17-19-15(16(18)20(17)13-8-9-13)14-11(3)6-5-7-12(14)4/h5-7,10,13H,8-9,18H2,1-4H3. The molecule has 3 heteroatoms. The second-order valence-electron chi connectivity index (χ2n) is 6.23. The molecule has 0 amide bonds. The lowest BCUT2D eigenvalue weighted by Gasteiger charge is -2.11. The minimum atomic E-state index is 0.399. The average Bonchev–Trinajstić information content (AvgIpc) is 3.15. The van der Waals surface area contributed by atoms with Crippen molar-refractivity contribution in [2.24, 2.45) is 0 Å². The molecule has 1 aromatic carbocycles. The molecule has 0 atom stereocenters. The summed E-state index contributed by atoms with van der Waals surface area (Å²) in [5, 5.41) is 0. The molecule has 106 valence electrons. The Balaban J connectivity index is 2.22. The first kappa shape index (κ1) is 13.2. The molecular weight excluding hydrogens is 246 g/mol. The maximum atomic E-state index is 6.45. The Labute approximate surface area is 120 Å². The highest BCUT2D eigenvalue weighted by atomic mass is 15.2. The normalized spacial score (nSPS) is 15.1. The number of imidazole rings is 1. The zero-order valence-corrected chi connectivity index (χ0v) is 12.8. The van der Waals surface area contributed by atoms with Gasteiger partial charge in [-0.2, -0.15) is 0 Å². The van der Waals surface area contributed by atoms with Crippen LogP contribution in [0.5, 0.6) is 0 Å². The van der Waals surface area contributed by atoms with E-state index >= 15 is 0 Å². The van der Waals surface area contributed by atoms with Gasteiger partial charge in [0.15, 0.2) is 0 Å². The van der Waals surface area contributed by atoms with Crippen LogP contribution in [0.15, 0.2) is 18.2 Å². The molecule has 2 aromatic rings. The summed E-state index contributed by atoms with van der Waals surface area (Å²) < 4.78 is 2.27. The van der Waals surface area contributed by atoms with Crippen molar-refractivity contribution in [2.75, 3.05) is 5.73 Å². The van der Waals surface area contributed by atoms with Gasteiger partial charge in [0.05, 0.1) is 0 Å². The molecule has 1 heterocycles. The molecule has 1 fully saturated rings. The Morgan fingerprint density at radius 3 is 2.30 bits per heavy atom. The minimum Gasteiger partial charge on any atom is -0.383 e. The van der Waals surface area contributed by atoms with Crippen molar-refractivity contribution < 1.29 is 0 Å². The van der Waals surface area contributed by atoms with Crippen molar-refractivity contribution in [1.29, 1.82) is 0 Å². The van der Waals surface area contributed by atoms with Crippen molar-refractivity contribution in [3.63, 3.8) is 0 Å². The van der Waals surface area contributed by atoms with Crippen molar-refractivity contribution in [3.8, 4) is 11.3 Å². The second kappa shape index (κ2) is 4.65. The van der Waals surface area contributed by atoms with E-state index < -0.39 is 0 Å². The molecule has 1 aliphatic rings. The van der Waals surface area contributed by atoms with E-state index in [9.17, 15) is 0 Å². The molecule has 3 rings (SSSR count). The number of nitrogens with zero attached hydrogens (tertiary/aromatic N) is 2. The van der Waals surface area contributed by atoms with Gasteiger partial charge >= 0.3 is 0 Å². The Morgan fingerprint density at radius 1 is 1.20 bits per heavy atom. The number of hydrogen-bond donors (Lipinski definition) is 1. The summed E-state index contributed by atoms with van der Waals surface area (Å²) in [4.78, 5) is 4.90. The first-order chi connectivity index (χ1) is 9.50. The van der Waals surface area contributed by atoms with Crippen LogP contribution in [0, 0.1) is 13.8 Å². The van der Waals surface area contributed by atoms with Crippen LogP contribution >= 0.6 is 0 Å². The topological polar surface area (TPSA) is 43.8 Å². The number of aromatic nitrogens is 2. The van der Waals surface area contributed by atoms with Gasteiger partial charge < -0.3 is 10.3 Å². The quantitative estimate of drug-likeness (QED) is 0.907. The molecule has 0 radical (unpaired) electrons. The van der Waals surface area contributed by atoms with Crippen LogP contribution in [0.1, 0.15) is 55.6 Å². The van der Waals surface area contributed by atoms with Crippen LogP contribution in [0.25, 0.3) is 11.3 Å². The first-order valence-corrected chi connectivity index (χ1v) is 7.45. The van der Waals surface area contributed by atoms with Gasteiger partial charge in [-0.1, -0.05) is 32.0 Å². The van der Waals surface area contributed by atoms with E-state index in [1.165, 1.54) is 29.5 Å². The van der Waals surface area contributed by atoms with Gasteiger partial charge in [-0.3, -0.25) is 0 Å². The molecule has 1 aromatic heterocycles. The third kappa shape index (κ3) is 2.01. The number of nitrogens with two attached hydrogens (primary N) is 1. The van der Waals surface area contributed by atoms with Crippen LogP contribution in [-0.2, 0) is 0 Å². The Bertz CT molecular complexity index is 628. The van der Waals surface area contributed by atoms with Gasteiger partial charge in [0, 0.05) is 17.5 Å². The second-order valence-corrected chi connectivity index (χ2v) is 6.23. The van der Waals surface area contributed by atoms with Gasteiger partial charge in [-0.05, 0) is 37.8 Å². The first-order valence-electron chi connectivity index (χ1n) is 7.45. The molecule has 3 nitrogen and oxygen atoms in total. The van der Waals surface area contributed by atoms with Crippen molar-refractivity contribution in [1.82, 2.24) is 9.55 Å². The third-order valence-electron chi connectivity index (χ3n) is 4.12. The molecule has 0 spiro atoms. The summed E-state index contributed by atoms with van der Waals surface area (Å²) >= 11 is 0. The van der Waals surface area contributed by atoms with E-state index in [-0.39, 0.29) is 0 Å². The summed E-state index contributed by atoms with van der Waals surface area (Å²) in [6.07, 6.45) is 2.46. The highest BCUT2D eigenvalue weighted by Crippen LogP contribution is 2.43. The lowest BCUT2D eigenvalue weighted by atomic mass is 10.00. The third-order valence-corrected chi connectivity index (χ3v) is 4.12. The van der Waals surface area contributed by atoms with Crippen molar-refractivity contribution >= 4 is 5.82 Å². The van der Waals surface area contributed by atoms with E-state index in [2.05, 4.69) is 50.5 Å². The Kier molecular flexibility index (Phi) is 3.08. The van der Waals surface area contributed by atoms with Crippen LogP contribution in [0.4, 0.5) is 5.82 Å². The van der Waals surface area contributed by atoms with Crippen LogP contribution < -0.4 is 5.73 Å². The van der Waals surface area contributed by atoms with E-state index in [4.69, 9.17) is 10.7 Å². The largest absolute Gasteiger partial charge is 0.383 e. The van der Waals surface area contributed by atoms with E-state index in [0.29, 0.717) is 12.0 Å². The van der Waals surface area contributed by atoms with Gasteiger partial charge in [0.25, 0.3) is 0 Å². The highest BCUT2D eigenvalue weighted by molar-refractivity contribution is 5.76. The summed E-state index contributed by atoms with van der Waals surface area (Å²) in [6.45, 7) is 8.64. The molecule has 0 aliphatic heterocycles.